The van der Waals surface area contributed by atoms with Crippen LogP contribution in [0.15, 0.2) is 36.4 Å². The Labute approximate surface area is 224 Å². The largest absolute Gasteiger partial charge is 0.447 e. The number of alkyl halides is 6. The van der Waals surface area contributed by atoms with Crippen LogP contribution in [0.3, 0.4) is 0 Å². The Morgan fingerprint density at radius 2 is 1.75 bits per heavy atom. The Bertz CT molecular complexity index is 1250. The summed E-state index contributed by atoms with van der Waals surface area (Å²) in [6, 6.07) is 3.50. The Morgan fingerprint density at radius 3 is 2.33 bits per heavy atom. The van der Waals surface area contributed by atoms with E-state index >= 15 is 0 Å². The number of nitrogens with zero attached hydrogens (tertiary/aromatic N) is 1. The van der Waals surface area contributed by atoms with Crippen molar-refractivity contribution in [2.75, 3.05) is 26.3 Å². The number of fused-ring (bicyclic) bond motifs is 1. The molecule has 4 rings (SSSR count). The first-order valence-electron chi connectivity index (χ1n) is 12.3. The fraction of sp³-hybridized carbons (Fsp3) is 0.462. The van der Waals surface area contributed by atoms with Crippen LogP contribution in [0.25, 0.3) is 0 Å². The lowest BCUT2D eigenvalue weighted by molar-refractivity contribution is -0.143. The molecule has 2 aromatic rings. The second-order valence-corrected chi connectivity index (χ2v) is 9.68. The van der Waals surface area contributed by atoms with Gasteiger partial charge < -0.3 is 25.4 Å². The summed E-state index contributed by atoms with van der Waals surface area (Å²) in [6.45, 7) is 0.947. The van der Waals surface area contributed by atoms with Crippen molar-refractivity contribution < 1.29 is 50.2 Å². The zero-order chi connectivity index (χ0) is 29.5. The van der Waals surface area contributed by atoms with Crippen LogP contribution >= 0.6 is 0 Å². The smallest absolute Gasteiger partial charge is 0.416 e. The van der Waals surface area contributed by atoms with Crippen LogP contribution < -0.4 is 10.6 Å². The molecule has 40 heavy (non-hydrogen) atoms. The number of aliphatic hydroxyl groups excluding tert-OH is 1. The van der Waals surface area contributed by atoms with Crippen molar-refractivity contribution in [1.82, 2.24) is 15.5 Å². The van der Waals surface area contributed by atoms with Crippen molar-refractivity contribution in [3.05, 3.63) is 70.0 Å². The summed E-state index contributed by atoms with van der Waals surface area (Å²) in [4.78, 5) is 27.0. The van der Waals surface area contributed by atoms with E-state index in [9.17, 15) is 40.3 Å². The van der Waals surface area contributed by atoms with Gasteiger partial charge in [0.1, 0.15) is 12.4 Å². The molecule has 3 atom stereocenters. The number of aryl methyl sites for hydroxylation is 1. The molecular formula is C26H26F7N3O4. The van der Waals surface area contributed by atoms with E-state index in [2.05, 4.69) is 10.6 Å². The molecule has 2 aliphatic rings. The molecule has 1 unspecified atom stereocenters. The lowest BCUT2D eigenvalue weighted by Gasteiger charge is -2.38. The van der Waals surface area contributed by atoms with Gasteiger partial charge in [-0.15, -0.1) is 0 Å². The number of ether oxygens (including phenoxy) is 1. The zero-order valence-electron chi connectivity index (χ0n) is 21.1. The van der Waals surface area contributed by atoms with Gasteiger partial charge in [-0.05, 0) is 73.3 Å². The predicted molar refractivity (Wildman–Crippen MR) is 126 cm³/mol. The molecule has 14 heteroatoms. The van der Waals surface area contributed by atoms with E-state index in [-0.39, 0.29) is 50.1 Å². The standard InChI is InChI=1S/C26H26F7N3O4/c1-14-10-18(27)2-3-19(14)24-21(20(5-7-36(24)22(24)38)35-23(39)40-9-8-37)34-6-4-15-11-16(25(28,29)30)13-17(12-15)26(31,32)33/h2-3,10-13,20-21,34,37H,4-9H2,1H3,(H,35,39)/t20-,21?,24+,36?/m0/s1. The number of rotatable bonds is 8. The van der Waals surface area contributed by atoms with Crippen LogP contribution in [0, 0.1) is 12.7 Å². The van der Waals surface area contributed by atoms with E-state index in [1.807, 2.05) is 0 Å². The number of carbonyl (C=O) groups is 2. The van der Waals surface area contributed by atoms with Crippen LogP contribution in [-0.4, -0.2) is 60.4 Å². The maximum absolute atomic E-state index is 13.9. The predicted octanol–water partition coefficient (Wildman–Crippen LogP) is 3.90. The lowest BCUT2D eigenvalue weighted by atomic mass is 9.80. The van der Waals surface area contributed by atoms with Crippen LogP contribution in [0.1, 0.15) is 34.2 Å². The quantitative estimate of drug-likeness (QED) is 0.327. The van der Waals surface area contributed by atoms with E-state index in [0.29, 0.717) is 23.3 Å². The summed E-state index contributed by atoms with van der Waals surface area (Å²) in [5.74, 6) is -0.865. The number of hydrogen-bond donors (Lipinski definition) is 3. The molecule has 218 valence electrons. The fourth-order valence-corrected chi connectivity index (χ4v) is 5.39. The first-order chi connectivity index (χ1) is 18.7. The average Bonchev–Trinajstić information content (AvgIpc) is 3.47. The van der Waals surface area contributed by atoms with Crippen molar-refractivity contribution >= 4 is 12.0 Å². The molecule has 2 amide bonds. The molecule has 2 aromatic carbocycles. The van der Waals surface area contributed by atoms with Crippen molar-refractivity contribution in [2.45, 2.75) is 49.7 Å². The maximum Gasteiger partial charge on any atom is 0.416 e. The molecule has 2 aliphatic heterocycles. The summed E-state index contributed by atoms with van der Waals surface area (Å²) >= 11 is 0. The van der Waals surface area contributed by atoms with Gasteiger partial charge >= 0.3 is 18.4 Å². The average molecular weight is 577 g/mol. The minimum Gasteiger partial charge on any atom is -0.447 e. The molecule has 2 heterocycles. The molecule has 2 fully saturated rings. The number of piperidine rings is 1. The van der Waals surface area contributed by atoms with E-state index < -0.39 is 59.6 Å². The van der Waals surface area contributed by atoms with Gasteiger partial charge in [0.2, 0.25) is 0 Å². The number of alkyl carbamates (subject to hydrolysis) is 1. The maximum atomic E-state index is 13.9. The van der Waals surface area contributed by atoms with Crippen molar-refractivity contribution in [3.63, 3.8) is 0 Å². The topological polar surface area (TPSA) is 90.7 Å². The lowest BCUT2D eigenvalue weighted by Crippen LogP contribution is -2.61. The van der Waals surface area contributed by atoms with Crippen LogP contribution in [0.5, 0.6) is 0 Å². The van der Waals surface area contributed by atoms with Gasteiger partial charge in [0, 0.05) is 6.54 Å². The van der Waals surface area contributed by atoms with E-state index in [1.165, 1.54) is 23.1 Å². The molecule has 7 nitrogen and oxygen atoms in total. The van der Waals surface area contributed by atoms with Gasteiger partial charge in [-0.2, -0.15) is 26.3 Å². The van der Waals surface area contributed by atoms with Crippen LogP contribution in [-0.2, 0) is 33.8 Å². The number of nitrogens with one attached hydrogen (secondary N) is 2. The highest BCUT2D eigenvalue weighted by Crippen LogP contribution is 2.52. The van der Waals surface area contributed by atoms with Gasteiger partial charge in [0.15, 0.2) is 5.54 Å². The van der Waals surface area contributed by atoms with Gasteiger partial charge in [0.25, 0.3) is 5.91 Å². The normalized spacial score (nSPS) is 22.6. The Hall–Kier alpha value is -3.39. The Morgan fingerprint density at radius 1 is 1.10 bits per heavy atom. The highest BCUT2D eigenvalue weighted by atomic mass is 19.4. The molecular weight excluding hydrogens is 551 g/mol. The van der Waals surface area contributed by atoms with Crippen molar-refractivity contribution in [3.8, 4) is 0 Å². The summed E-state index contributed by atoms with van der Waals surface area (Å²) in [5.41, 5.74) is -3.57. The highest BCUT2D eigenvalue weighted by Gasteiger charge is 2.71. The summed E-state index contributed by atoms with van der Waals surface area (Å²) in [7, 11) is 0. The molecule has 0 radical (unpaired) electrons. The summed E-state index contributed by atoms with van der Waals surface area (Å²) in [5, 5.41) is 14.6. The number of benzene rings is 2. The van der Waals surface area contributed by atoms with Crippen molar-refractivity contribution in [2.24, 2.45) is 0 Å². The third-order valence-corrected chi connectivity index (χ3v) is 7.12. The summed E-state index contributed by atoms with van der Waals surface area (Å²) < 4.78 is 98.5. The molecule has 0 aliphatic carbocycles. The van der Waals surface area contributed by atoms with Gasteiger partial charge in [-0.3, -0.25) is 4.79 Å². The number of amides is 2. The molecule has 0 saturated carbocycles. The number of halogens is 7. The minimum atomic E-state index is -5.00. The summed E-state index contributed by atoms with van der Waals surface area (Å²) in [6.07, 6.45) is -10.9. The van der Waals surface area contributed by atoms with Crippen LogP contribution in [0.2, 0.25) is 0 Å². The first kappa shape index (κ1) is 29.6. The molecule has 3 N–H and O–H groups in total. The fourth-order valence-electron chi connectivity index (χ4n) is 5.39. The molecule has 0 spiro atoms. The second-order valence-electron chi connectivity index (χ2n) is 9.68. The molecule has 0 bridgehead atoms. The third kappa shape index (κ3) is 5.73. The number of carbonyl (C=O) groups excluding carboxylic acids is 2. The van der Waals surface area contributed by atoms with E-state index in [0.717, 1.165) is 0 Å². The monoisotopic (exact) mass is 577 g/mol. The minimum absolute atomic E-state index is 0.0447. The Balaban J connectivity index is 1.64. The van der Waals surface area contributed by atoms with Crippen LogP contribution in [0.4, 0.5) is 35.5 Å². The molecule has 2 saturated heterocycles. The SMILES string of the molecule is Cc1cc(F)ccc1[C@@]12C(=O)N1CC[C@H](NC(=O)OCCO)C2NCCc1cc(C(F)(F)F)cc(C(F)(F)F)c1. The van der Waals surface area contributed by atoms with E-state index in [1.54, 1.807) is 6.92 Å². The van der Waals surface area contributed by atoms with E-state index in [4.69, 9.17) is 9.84 Å². The zero-order valence-corrected chi connectivity index (χ0v) is 21.1. The first-order valence-corrected chi connectivity index (χ1v) is 12.3. The Kier molecular flexibility index (Phi) is 8.05. The number of hydrogen-bond acceptors (Lipinski definition) is 5. The highest BCUT2D eigenvalue weighted by molar-refractivity contribution is 6.05. The van der Waals surface area contributed by atoms with Crippen molar-refractivity contribution in [1.29, 1.82) is 0 Å². The third-order valence-electron chi connectivity index (χ3n) is 7.12. The molecule has 0 aromatic heterocycles. The van der Waals surface area contributed by atoms with Gasteiger partial charge in [-0.1, -0.05) is 6.07 Å². The van der Waals surface area contributed by atoms with Gasteiger partial charge in [-0.25, -0.2) is 9.18 Å². The second kappa shape index (κ2) is 10.9. The number of aliphatic hydroxyl groups is 1. The van der Waals surface area contributed by atoms with Gasteiger partial charge in [0.05, 0.1) is 29.8 Å².